The quantitative estimate of drug-likeness (QED) is 0.594. The van der Waals surface area contributed by atoms with Gasteiger partial charge in [0.15, 0.2) is 4.77 Å². The van der Waals surface area contributed by atoms with Crippen molar-refractivity contribution in [3.05, 3.63) is 26.5 Å². The summed E-state index contributed by atoms with van der Waals surface area (Å²) in [5.74, 6) is 0.628. The summed E-state index contributed by atoms with van der Waals surface area (Å²) in [4.78, 5) is 5.76. The molecule has 5 heteroatoms. The van der Waals surface area contributed by atoms with Gasteiger partial charge in [-0.05, 0) is 78.9 Å². The van der Waals surface area contributed by atoms with Gasteiger partial charge in [-0.3, -0.25) is 0 Å². The smallest absolute Gasteiger partial charge is 0.178 e. The van der Waals surface area contributed by atoms with E-state index in [9.17, 15) is 0 Å². The van der Waals surface area contributed by atoms with Gasteiger partial charge in [-0.15, -0.1) is 0 Å². The Morgan fingerprint density at radius 3 is 2.95 bits per heavy atom. The molecule has 0 amide bonds. The van der Waals surface area contributed by atoms with Crippen LogP contribution >= 0.6 is 34.8 Å². The number of aromatic nitrogens is 2. The van der Waals surface area contributed by atoms with Crippen LogP contribution in [-0.4, -0.2) is 34.6 Å². The van der Waals surface area contributed by atoms with Crippen molar-refractivity contribution in [3.63, 3.8) is 0 Å². The van der Waals surface area contributed by atoms with Crippen molar-refractivity contribution in [3.8, 4) is 0 Å². The van der Waals surface area contributed by atoms with Crippen LogP contribution in [0.15, 0.2) is 18.2 Å². The second-order valence-corrected chi connectivity index (χ2v) is 7.19. The Labute approximate surface area is 132 Å². The number of nitrogens with one attached hydrogen (secondary N) is 1. The summed E-state index contributed by atoms with van der Waals surface area (Å²) < 4.78 is 4.43. The first-order chi connectivity index (χ1) is 9.06. The van der Waals surface area contributed by atoms with E-state index in [1.165, 1.54) is 15.5 Å². The topological polar surface area (TPSA) is 24.0 Å². The Kier molecular flexibility index (Phi) is 3.70. The number of rotatable bonds is 1. The molecule has 1 aliphatic heterocycles. The molecule has 1 aliphatic rings. The Morgan fingerprint density at radius 1 is 1.42 bits per heavy atom. The van der Waals surface area contributed by atoms with Crippen molar-refractivity contribution in [2.45, 2.75) is 19.4 Å². The molecule has 0 spiro atoms. The van der Waals surface area contributed by atoms with E-state index in [1.54, 1.807) is 0 Å². The third-order valence-corrected chi connectivity index (χ3v) is 5.04. The van der Waals surface area contributed by atoms with E-state index >= 15 is 0 Å². The predicted octanol–water partition coefficient (Wildman–Crippen LogP) is 3.82. The molecular weight excluding hydrogens is 369 g/mol. The summed E-state index contributed by atoms with van der Waals surface area (Å²) in [5.41, 5.74) is 2.40. The van der Waals surface area contributed by atoms with Gasteiger partial charge >= 0.3 is 0 Å². The molecule has 3 nitrogen and oxygen atoms in total. The highest BCUT2D eigenvalue weighted by molar-refractivity contribution is 14.1. The Bertz CT molecular complexity index is 660. The highest BCUT2D eigenvalue weighted by Crippen LogP contribution is 2.31. The number of imidazole rings is 1. The molecule has 0 radical (unpaired) electrons. The summed E-state index contributed by atoms with van der Waals surface area (Å²) in [6.45, 7) is 4.62. The van der Waals surface area contributed by atoms with Crippen molar-refractivity contribution in [1.29, 1.82) is 0 Å². The number of likely N-dealkylation sites (tertiary alicyclic amines) is 1. The van der Waals surface area contributed by atoms with E-state index in [-0.39, 0.29) is 0 Å². The number of nitrogens with zero attached hydrogens (tertiary/aromatic N) is 2. The number of benzene rings is 1. The molecular formula is C14H18IN3S. The summed E-state index contributed by atoms with van der Waals surface area (Å²) in [6.07, 6.45) is 1.17. The van der Waals surface area contributed by atoms with Gasteiger partial charge in [0.1, 0.15) is 0 Å². The largest absolute Gasteiger partial charge is 0.331 e. The number of H-pyrrole nitrogens is 1. The first-order valence-corrected chi connectivity index (χ1v) is 8.13. The van der Waals surface area contributed by atoms with E-state index in [1.807, 2.05) is 0 Å². The summed E-state index contributed by atoms with van der Waals surface area (Å²) in [7, 11) is 2.20. The Hall–Kier alpha value is -0.400. The average Bonchev–Trinajstić information content (AvgIpc) is 2.65. The number of fused-ring (bicyclic) bond motifs is 1. The molecule has 102 valence electrons. The van der Waals surface area contributed by atoms with Crippen LogP contribution in [0.5, 0.6) is 0 Å². The van der Waals surface area contributed by atoms with Gasteiger partial charge in [0, 0.05) is 16.2 Å². The van der Waals surface area contributed by atoms with Crippen molar-refractivity contribution < 1.29 is 0 Å². The van der Waals surface area contributed by atoms with Gasteiger partial charge in [0.25, 0.3) is 0 Å². The maximum Gasteiger partial charge on any atom is 0.178 e. The zero-order chi connectivity index (χ0) is 13.6. The van der Waals surface area contributed by atoms with Crippen LogP contribution in [0, 0.1) is 14.3 Å². The lowest BCUT2D eigenvalue weighted by atomic mass is 9.94. The van der Waals surface area contributed by atoms with Crippen LogP contribution < -0.4 is 0 Å². The third-order valence-electron chi connectivity index (χ3n) is 4.07. The van der Waals surface area contributed by atoms with Gasteiger partial charge in [0.2, 0.25) is 0 Å². The van der Waals surface area contributed by atoms with Crippen molar-refractivity contribution in [2.24, 2.45) is 5.92 Å². The lowest BCUT2D eigenvalue weighted by molar-refractivity contribution is 0.160. The number of halogens is 1. The highest BCUT2D eigenvalue weighted by Gasteiger charge is 2.27. The van der Waals surface area contributed by atoms with E-state index < -0.39 is 0 Å². The monoisotopic (exact) mass is 387 g/mol. The first kappa shape index (κ1) is 13.6. The van der Waals surface area contributed by atoms with Crippen LogP contribution in [0.4, 0.5) is 0 Å². The first-order valence-electron chi connectivity index (χ1n) is 6.64. The van der Waals surface area contributed by atoms with E-state index in [4.69, 9.17) is 12.2 Å². The van der Waals surface area contributed by atoms with Gasteiger partial charge in [-0.1, -0.05) is 6.92 Å². The summed E-state index contributed by atoms with van der Waals surface area (Å²) in [6, 6.07) is 7.02. The standard InChI is InChI=1S/C14H18IN3S/c1-9-8-17(2)6-5-12(9)18-13-4-3-10(15)7-11(13)16-14(18)19/h3-4,7,9,12H,5-6,8H2,1-2H3,(H,16,19). The Balaban J connectivity index is 2.09. The molecule has 2 aromatic rings. The summed E-state index contributed by atoms with van der Waals surface area (Å²) in [5, 5.41) is 0. The van der Waals surface area contributed by atoms with Gasteiger partial charge in [-0.25, -0.2) is 0 Å². The zero-order valence-electron chi connectivity index (χ0n) is 11.2. The molecule has 3 rings (SSSR count). The fourth-order valence-corrected chi connectivity index (χ4v) is 3.99. The fraction of sp³-hybridized carbons (Fsp3) is 0.500. The maximum atomic E-state index is 5.55. The second-order valence-electron chi connectivity index (χ2n) is 5.56. The van der Waals surface area contributed by atoms with Gasteiger partial charge in [0.05, 0.1) is 11.0 Å². The number of hydrogen-bond acceptors (Lipinski definition) is 2. The van der Waals surface area contributed by atoms with E-state index in [2.05, 4.69) is 69.2 Å². The SMILES string of the molecule is CC1CN(C)CCC1n1c(=S)[nH]c2cc(I)ccc21. The second kappa shape index (κ2) is 5.18. The number of aromatic amines is 1. The van der Waals surface area contributed by atoms with Crippen LogP contribution in [-0.2, 0) is 0 Å². The van der Waals surface area contributed by atoms with Crippen molar-refractivity contribution >= 4 is 45.8 Å². The van der Waals surface area contributed by atoms with Gasteiger partial charge in [-0.2, -0.15) is 0 Å². The minimum Gasteiger partial charge on any atom is -0.331 e. The molecule has 2 atom stereocenters. The minimum atomic E-state index is 0.512. The molecule has 2 heterocycles. The molecule has 2 unspecified atom stereocenters. The highest BCUT2D eigenvalue weighted by atomic mass is 127. The molecule has 1 aromatic heterocycles. The lowest BCUT2D eigenvalue weighted by Crippen LogP contribution is -2.37. The zero-order valence-corrected chi connectivity index (χ0v) is 14.2. The minimum absolute atomic E-state index is 0.512. The predicted molar refractivity (Wildman–Crippen MR) is 90.2 cm³/mol. The molecule has 1 aromatic carbocycles. The normalized spacial score (nSPS) is 25.0. The van der Waals surface area contributed by atoms with Gasteiger partial charge < -0.3 is 14.5 Å². The Morgan fingerprint density at radius 2 is 2.21 bits per heavy atom. The molecule has 0 bridgehead atoms. The number of hydrogen-bond donors (Lipinski definition) is 1. The molecule has 0 aliphatic carbocycles. The van der Waals surface area contributed by atoms with E-state index in [0.717, 1.165) is 23.4 Å². The van der Waals surface area contributed by atoms with Crippen LogP contribution in [0.1, 0.15) is 19.4 Å². The van der Waals surface area contributed by atoms with Crippen molar-refractivity contribution in [1.82, 2.24) is 14.5 Å². The van der Waals surface area contributed by atoms with E-state index in [0.29, 0.717) is 12.0 Å². The van der Waals surface area contributed by atoms with Crippen LogP contribution in [0.25, 0.3) is 11.0 Å². The third kappa shape index (κ3) is 2.48. The fourth-order valence-electron chi connectivity index (χ4n) is 3.16. The molecule has 1 N–H and O–H groups in total. The van der Waals surface area contributed by atoms with Crippen LogP contribution in [0.3, 0.4) is 0 Å². The van der Waals surface area contributed by atoms with Crippen molar-refractivity contribution in [2.75, 3.05) is 20.1 Å². The average molecular weight is 387 g/mol. The number of piperidine rings is 1. The molecule has 0 saturated carbocycles. The lowest BCUT2D eigenvalue weighted by Gasteiger charge is -2.35. The summed E-state index contributed by atoms with van der Waals surface area (Å²) >= 11 is 7.89. The van der Waals surface area contributed by atoms with Crippen LogP contribution in [0.2, 0.25) is 0 Å². The molecule has 1 saturated heterocycles. The molecule has 1 fully saturated rings. The molecule has 19 heavy (non-hydrogen) atoms. The maximum absolute atomic E-state index is 5.55.